The van der Waals surface area contributed by atoms with Crippen LogP contribution in [-0.2, 0) is 0 Å². The Morgan fingerprint density at radius 3 is 2.25 bits per heavy atom. The molecule has 0 aliphatic carbocycles. The number of fused-ring (bicyclic) bond motifs is 1. The van der Waals surface area contributed by atoms with E-state index in [0.717, 1.165) is 0 Å². The molecular formula is C13H9Cl3O3S. The monoisotopic (exact) mass is 350 g/mol. The van der Waals surface area contributed by atoms with Crippen LogP contribution in [0.2, 0.25) is 13.7 Å². The van der Waals surface area contributed by atoms with Gasteiger partial charge in [-0.1, -0.05) is 34.8 Å². The Kier molecular flexibility index (Phi) is 4.02. The van der Waals surface area contributed by atoms with E-state index in [1.54, 1.807) is 18.2 Å². The maximum absolute atomic E-state index is 10.5. The molecule has 2 heterocycles. The standard InChI is InChI=1S/C13H9Cl3O3S/c14-8-5-10-9(18-1-2-19-10)3-6(8)12(17)7-4-11(15)20-13(7)16/h3-5,12,17H,1-2H2. The minimum absolute atomic E-state index is 0.389. The van der Waals surface area contributed by atoms with Gasteiger partial charge in [0.05, 0.1) is 9.36 Å². The Bertz CT molecular complexity index is 657. The van der Waals surface area contributed by atoms with Gasteiger partial charge in [-0.15, -0.1) is 11.3 Å². The smallest absolute Gasteiger partial charge is 0.162 e. The second-order valence-electron chi connectivity index (χ2n) is 4.20. The summed E-state index contributed by atoms with van der Waals surface area (Å²) in [4.78, 5) is 0. The van der Waals surface area contributed by atoms with E-state index in [1.807, 2.05) is 0 Å². The number of halogens is 3. The molecule has 0 fully saturated rings. The summed E-state index contributed by atoms with van der Waals surface area (Å²) >= 11 is 19.4. The average Bonchev–Trinajstić information content (AvgIpc) is 2.76. The fraction of sp³-hybridized carbons (Fsp3) is 0.231. The van der Waals surface area contributed by atoms with Gasteiger partial charge in [-0.25, -0.2) is 0 Å². The van der Waals surface area contributed by atoms with Crippen molar-refractivity contribution in [1.82, 2.24) is 0 Å². The molecule has 1 aromatic heterocycles. The first-order valence-electron chi connectivity index (χ1n) is 5.78. The molecule has 1 unspecified atom stereocenters. The van der Waals surface area contributed by atoms with Crippen molar-refractivity contribution in [3.63, 3.8) is 0 Å². The SMILES string of the molecule is OC(c1cc2c(cc1Cl)OCCO2)c1cc(Cl)sc1Cl. The van der Waals surface area contributed by atoms with Crippen LogP contribution in [0.3, 0.4) is 0 Å². The molecule has 0 bridgehead atoms. The summed E-state index contributed by atoms with van der Waals surface area (Å²) in [6.07, 6.45) is -0.963. The van der Waals surface area contributed by atoms with Gasteiger partial charge in [-0.05, 0) is 12.1 Å². The second kappa shape index (κ2) is 5.62. The van der Waals surface area contributed by atoms with Gasteiger partial charge >= 0.3 is 0 Å². The molecule has 7 heteroatoms. The van der Waals surface area contributed by atoms with Crippen LogP contribution in [0.4, 0.5) is 0 Å². The molecule has 1 aromatic carbocycles. The van der Waals surface area contributed by atoms with Crippen LogP contribution in [0.1, 0.15) is 17.2 Å². The van der Waals surface area contributed by atoms with Crippen molar-refractivity contribution in [3.05, 3.63) is 43.0 Å². The number of aliphatic hydroxyl groups is 1. The molecule has 20 heavy (non-hydrogen) atoms. The summed E-state index contributed by atoms with van der Waals surface area (Å²) in [5, 5.41) is 10.8. The third-order valence-electron chi connectivity index (χ3n) is 2.93. The van der Waals surface area contributed by atoms with Crippen LogP contribution in [0.25, 0.3) is 0 Å². The zero-order valence-electron chi connectivity index (χ0n) is 10.0. The molecule has 0 radical (unpaired) electrons. The third kappa shape index (κ3) is 2.59. The Balaban J connectivity index is 2.03. The number of hydrogen-bond donors (Lipinski definition) is 1. The van der Waals surface area contributed by atoms with Crippen molar-refractivity contribution in [1.29, 1.82) is 0 Å². The molecule has 2 aromatic rings. The Morgan fingerprint density at radius 2 is 1.65 bits per heavy atom. The number of hydrogen-bond acceptors (Lipinski definition) is 4. The first kappa shape index (κ1) is 14.3. The van der Waals surface area contributed by atoms with E-state index in [9.17, 15) is 5.11 Å². The molecule has 0 saturated carbocycles. The van der Waals surface area contributed by atoms with E-state index in [2.05, 4.69) is 0 Å². The molecule has 0 saturated heterocycles. The van der Waals surface area contributed by atoms with Crippen LogP contribution in [0.5, 0.6) is 11.5 Å². The van der Waals surface area contributed by atoms with Crippen LogP contribution >= 0.6 is 46.1 Å². The predicted octanol–water partition coefficient (Wildman–Crippen LogP) is 4.56. The second-order valence-corrected chi connectivity index (χ2v) is 6.89. The van der Waals surface area contributed by atoms with E-state index < -0.39 is 6.10 Å². The third-order valence-corrected chi connectivity index (χ3v) is 4.78. The molecule has 1 atom stereocenters. The van der Waals surface area contributed by atoms with Crippen LogP contribution in [0, 0.1) is 0 Å². The Labute approximate surface area is 134 Å². The lowest BCUT2D eigenvalue weighted by molar-refractivity contribution is 0.169. The number of benzene rings is 1. The molecular weight excluding hydrogens is 343 g/mol. The molecule has 1 N–H and O–H groups in total. The average molecular weight is 352 g/mol. The predicted molar refractivity (Wildman–Crippen MR) is 80.8 cm³/mol. The molecule has 106 valence electrons. The maximum Gasteiger partial charge on any atom is 0.162 e. The summed E-state index contributed by atoms with van der Waals surface area (Å²) in [6.45, 7) is 0.951. The van der Waals surface area contributed by atoms with Crippen molar-refractivity contribution < 1.29 is 14.6 Å². The van der Waals surface area contributed by atoms with Crippen LogP contribution in [-0.4, -0.2) is 18.3 Å². The van der Waals surface area contributed by atoms with Gasteiger partial charge in [-0.3, -0.25) is 0 Å². The molecule has 0 amide bonds. The summed E-state index contributed by atoms with van der Waals surface area (Å²) in [5.41, 5.74) is 1.03. The number of ether oxygens (including phenoxy) is 2. The molecule has 0 spiro atoms. The van der Waals surface area contributed by atoms with E-state index in [0.29, 0.717) is 49.5 Å². The van der Waals surface area contributed by atoms with Crippen molar-refractivity contribution in [2.24, 2.45) is 0 Å². The first-order chi connectivity index (χ1) is 9.56. The molecule has 3 nitrogen and oxygen atoms in total. The van der Waals surface area contributed by atoms with E-state index >= 15 is 0 Å². The van der Waals surface area contributed by atoms with Crippen molar-refractivity contribution >= 4 is 46.1 Å². The Hall–Kier alpha value is -0.650. The van der Waals surface area contributed by atoms with Crippen molar-refractivity contribution in [3.8, 4) is 11.5 Å². The highest BCUT2D eigenvalue weighted by Gasteiger charge is 2.23. The lowest BCUT2D eigenvalue weighted by Gasteiger charge is -2.21. The van der Waals surface area contributed by atoms with Crippen molar-refractivity contribution in [2.75, 3.05) is 13.2 Å². The summed E-state index contributed by atoms with van der Waals surface area (Å²) in [5.74, 6) is 1.14. The number of aliphatic hydroxyl groups excluding tert-OH is 1. The zero-order chi connectivity index (χ0) is 14.3. The highest BCUT2D eigenvalue weighted by molar-refractivity contribution is 7.20. The minimum atomic E-state index is -0.963. The molecule has 1 aliphatic rings. The van der Waals surface area contributed by atoms with Crippen molar-refractivity contribution in [2.45, 2.75) is 6.10 Å². The lowest BCUT2D eigenvalue weighted by atomic mass is 10.0. The van der Waals surface area contributed by atoms with Gasteiger partial charge in [-0.2, -0.15) is 0 Å². The van der Waals surface area contributed by atoms with E-state index in [4.69, 9.17) is 44.3 Å². The van der Waals surface area contributed by atoms with Gasteiger partial charge in [0.2, 0.25) is 0 Å². The highest BCUT2D eigenvalue weighted by Crippen LogP contribution is 2.43. The highest BCUT2D eigenvalue weighted by atomic mass is 35.5. The molecule has 1 aliphatic heterocycles. The van der Waals surface area contributed by atoms with Crippen LogP contribution in [0.15, 0.2) is 18.2 Å². The van der Waals surface area contributed by atoms with Gasteiger partial charge in [0.25, 0.3) is 0 Å². The van der Waals surface area contributed by atoms with Gasteiger partial charge in [0.15, 0.2) is 11.5 Å². The summed E-state index contributed by atoms with van der Waals surface area (Å²) < 4.78 is 11.9. The van der Waals surface area contributed by atoms with E-state index in [1.165, 1.54) is 11.3 Å². The number of thiophene rings is 1. The number of rotatable bonds is 2. The summed E-state index contributed by atoms with van der Waals surface area (Å²) in [6, 6.07) is 4.94. The van der Waals surface area contributed by atoms with Gasteiger partial charge in [0, 0.05) is 17.2 Å². The largest absolute Gasteiger partial charge is 0.486 e. The fourth-order valence-electron chi connectivity index (χ4n) is 2.00. The Morgan fingerprint density at radius 1 is 1.00 bits per heavy atom. The molecule has 3 rings (SSSR count). The van der Waals surface area contributed by atoms with Gasteiger partial charge < -0.3 is 14.6 Å². The topological polar surface area (TPSA) is 38.7 Å². The first-order valence-corrected chi connectivity index (χ1v) is 7.73. The fourth-order valence-corrected chi connectivity index (χ4v) is 3.77. The van der Waals surface area contributed by atoms with Crippen LogP contribution < -0.4 is 9.47 Å². The maximum atomic E-state index is 10.5. The quantitative estimate of drug-likeness (QED) is 0.862. The normalized spacial score (nSPS) is 15.2. The lowest BCUT2D eigenvalue weighted by Crippen LogP contribution is -2.16. The zero-order valence-corrected chi connectivity index (χ0v) is 13.1. The summed E-state index contributed by atoms with van der Waals surface area (Å²) in [7, 11) is 0. The van der Waals surface area contributed by atoms with E-state index in [-0.39, 0.29) is 0 Å². The minimum Gasteiger partial charge on any atom is -0.486 e. The van der Waals surface area contributed by atoms with Gasteiger partial charge in [0.1, 0.15) is 23.7 Å².